The van der Waals surface area contributed by atoms with Gasteiger partial charge in [-0.15, -0.1) is 0 Å². The van der Waals surface area contributed by atoms with Crippen LogP contribution < -0.4 is 20.3 Å². The Kier molecular flexibility index (Phi) is 7.70. The molecule has 1 saturated heterocycles. The second-order valence-corrected chi connectivity index (χ2v) is 9.35. The number of urea groups is 1. The van der Waals surface area contributed by atoms with Gasteiger partial charge >= 0.3 is 6.03 Å². The van der Waals surface area contributed by atoms with Gasteiger partial charge in [-0.1, -0.05) is 6.92 Å². The van der Waals surface area contributed by atoms with Gasteiger partial charge in [0.25, 0.3) is 0 Å². The first-order chi connectivity index (χ1) is 16.0. The van der Waals surface area contributed by atoms with Crippen molar-refractivity contribution in [3.63, 3.8) is 0 Å². The van der Waals surface area contributed by atoms with Gasteiger partial charge in [0.15, 0.2) is 0 Å². The van der Waals surface area contributed by atoms with E-state index in [4.69, 9.17) is 4.74 Å². The summed E-state index contributed by atoms with van der Waals surface area (Å²) >= 11 is 0. The number of amides is 2. The van der Waals surface area contributed by atoms with Crippen molar-refractivity contribution in [2.45, 2.75) is 70.6 Å². The van der Waals surface area contributed by atoms with Crippen LogP contribution in [0.15, 0.2) is 42.6 Å². The van der Waals surface area contributed by atoms with Crippen molar-refractivity contribution in [3.8, 4) is 5.88 Å². The van der Waals surface area contributed by atoms with Crippen LogP contribution in [-0.4, -0.2) is 54.2 Å². The van der Waals surface area contributed by atoms with Gasteiger partial charge in [-0.05, 0) is 82.8 Å². The molecule has 2 aliphatic rings. The van der Waals surface area contributed by atoms with E-state index in [9.17, 15) is 4.79 Å². The van der Waals surface area contributed by atoms with Gasteiger partial charge < -0.3 is 20.3 Å². The van der Waals surface area contributed by atoms with Crippen molar-refractivity contribution in [2.24, 2.45) is 0 Å². The number of aromatic nitrogens is 1. The first-order valence-corrected chi connectivity index (χ1v) is 12.3. The van der Waals surface area contributed by atoms with E-state index in [1.54, 1.807) is 6.20 Å². The molecule has 2 atom stereocenters. The van der Waals surface area contributed by atoms with Crippen LogP contribution in [0.1, 0.15) is 52.4 Å². The average molecular weight is 452 g/mol. The number of ether oxygens (including phenoxy) is 1. The Hall–Kier alpha value is -2.80. The van der Waals surface area contributed by atoms with E-state index < -0.39 is 0 Å². The number of pyridine rings is 1. The Balaban J connectivity index is 1.25. The fourth-order valence-electron chi connectivity index (χ4n) is 4.71. The molecule has 0 spiro atoms. The molecular formula is C26H37N5O2. The largest absolute Gasteiger partial charge is 0.474 e. The molecule has 1 aromatic heterocycles. The highest BCUT2D eigenvalue weighted by atomic mass is 16.5. The van der Waals surface area contributed by atoms with Crippen LogP contribution in [0.5, 0.6) is 5.88 Å². The van der Waals surface area contributed by atoms with E-state index in [0.29, 0.717) is 23.7 Å². The molecule has 2 aromatic rings. The zero-order chi connectivity index (χ0) is 23.2. The van der Waals surface area contributed by atoms with Gasteiger partial charge in [-0.25, -0.2) is 9.78 Å². The molecular weight excluding hydrogens is 414 g/mol. The highest BCUT2D eigenvalue weighted by molar-refractivity contribution is 5.99. The molecule has 1 aliphatic heterocycles. The number of nitrogens with one attached hydrogen (secondary N) is 2. The minimum atomic E-state index is -0.287. The van der Waals surface area contributed by atoms with Gasteiger partial charge in [0.2, 0.25) is 5.88 Å². The van der Waals surface area contributed by atoms with Crippen LogP contribution in [0.3, 0.4) is 0 Å². The molecule has 2 amide bonds. The molecule has 2 N–H and O–H groups in total. The first-order valence-electron chi connectivity index (χ1n) is 12.3. The molecule has 33 heavy (non-hydrogen) atoms. The number of carbonyl (C=O) groups is 1. The van der Waals surface area contributed by atoms with Crippen LogP contribution >= 0.6 is 0 Å². The van der Waals surface area contributed by atoms with Crippen molar-refractivity contribution >= 4 is 23.1 Å². The molecule has 1 aliphatic carbocycles. The van der Waals surface area contributed by atoms with Crippen molar-refractivity contribution in [1.29, 1.82) is 0 Å². The summed E-state index contributed by atoms with van der Waals surface area (Å²) in [6, 6.07) is 12.6. The van der Waals surface area contributed by atoms with E-state index in [2.05, 4.69) is 58.4 Å². The van der Waals surface area contributed by atoms with Crippen molar-refractivity contribution in [2.75, 3.05) is 35.7 Å². The number of benzene rings is 1. The Bertz CT molecular complexity index is 896. The van der Waals surface area contributed by atoms with E-state index in [1.165, 1.54) is 31.4 Å². The van der Waals surface area contributed by atoms with E-state index in [0.717, 1.165) is 31.6 Å². The molecule has 2 unspecified atom stereocenters. The lowest BCUT2D eigenvalue weighted by Gasteiger charge is -2.30. The smallest absolute Gasteiger partial charge is 0.323 e. The SMILES string of the molecule is CCC(C)N(C)C1CCN(c2ccc(NC(=O)Nc3ccc(OC4CCCC4)nc3)cc2)C1. The monoisotopic (exact) mass is 451 g/mol. The van der Waals surface area contributed by atoms with Crippen LogP contribution in [0, 0.1) is 0 Å². The lowest BCUT2D eigenvalue weighted by molar-refractivity contribution is 0.192. The number of rotatable bonds is 8. The number of hydrogen-bond donors (Lipinski definition) is 2. The summed E-state index contributed by atoms with van der Waals surface area (Å²) in [6.07, 6.45) is 8.89. The summed E-state index contributed by atoms with van der Waals surface area (Å²) in [5.41, 5.74) is 2.59. The molecule has 0 bridgehead atoms. The molecule has 7 heteroatoms. The predicted molar refractivity (Wildman–Crippen MR) is 134 cm³/mol. The van der Waals surface area contributed by atoms with Gasteiger partial charge in [-0.3, -0.25) is 4.90 Å². The van der Waals surface area contributed by atoms with E-state index >= 15 is 0 Å². The summed E-state index contributed by atoms with van der Waals surface area (Å²) in [4.78, 5) is 21.6. The molecule has 1 aromatic carbocycles. The number of nitrogens with zero attached hydrogens (tertiary/aromatic N) is 3. The summed E-state index contributed by atoms with van der Waals surface area (Å²) in [7, 11) is 2.24. The summed E-state index contributed by atoms with van der Waals surface area (Å²) < 4.78 is 5.88. The van der Waals surface area contributed by atoms with Crippen LogP contribution in [-0.2, 0) is 0 Å². The van der Waals surface area contributed by atoms with E-state index in [-0.39, 0.29) is 12.1 Å². The zero-order valence-corrected chi connectivity index (χ0v) is 20.1. The Labute approximate surface area is 197 Å². The quantitative estimate of drug-likeness (QED) is 0.566. The highest BCUT2D eigenvalue weighted by Gasteiger charge is 2.27. The number of anilines is 3. The van der Waals surface area contributed by atoms with Gasteiger partial charge in [0.05, 0.1) is 11.9 Å². The third-order valence-corrected chi connectivity index (χ3v) is 7.10. The van der Waals surface area contributed by atoms with Crippen LogP contribution in [0.4, 0.5) is 21.9 Å². The molecule has 2 fully saturated rings. The predicted octanol–water partition coefficient (Wildman–Crippen LogP) is 5.36. The first kappa shape index (κ1) is 23.4. The second kappa shape index (κ2) is 10.9. The number of carbonyl (C=O) groups excluding carboxylic acids is 1. The maximum Gasteiger partial charge on any atom is 0.323 e. The second-order valence-electron chi connectivity index (χ2n) is 9.35. The Morgan fingerprint density at radius 3 is 2.48 bits per heavy atom. The maximum atomic E-state index is 12.4. The summed E-state index contributed by atoms with van der Waals surface area (Å²) in [5.74, 6) is 0.614. The molecule has 0 radical (unpaired) electrons. The minimum Gasteiger partial charge on any atom is -0.474 e. The van der Waals surface area contributed by atoms with Gasteiger partial charge in [0.1, 0.15) is 6.10 Å². The fourth-order valence-corrected chi connectivity index (χ4v) is 4.71. The van der Waals surface area contributed by atoms with Gasteiger partial charge in [0, 0.05) is 42.6 Å². The Morgan fingerprint density at radius 1 is 1.12 bits per heavy atom. The van der Waals surface area contributed by atoms with E-state index in [1.807, 2.05) is 24.3 Å². The van der Waals surface area contributed by atoms with Crippen LogP contribution in [0.2, 0.25) is 0 Å². The fraction of sp³-hybridized carbons (Fsp3) is 0.538. The normalized spacial score (nSPS) is 19.6. The average Bonchev–Trinajstić information content (AvgIpc) is 3.52. The zero-order valence-electron chi connectivity index (χ0n) is 20.1. The summed E-state index contributed by atoms with van der Waals surface area (Å²) in [6.45, 7) is 6.64. The van der Waals surface area contributed by atoms with Crippen molar-refractivity contribution in [3.05, 3.63) is 42.6 Å². The molecule has 178 valence electrons. The topological polar surface area (TPSA) is 69.7 Å². The molecule has 1 saturated carbocycles. The maximum absolute atomic E-state index is 12.4. The number of likely N-dealkylation sites (N-methyl/N-ethyl adjacent to an activating group) is 1. The lowest BCUT2D eigenvalue weighted by Crippen LogP contribution is -2.40. The third kappa shape index (κ3) is 6.16. The summed E-state index contributed by atoms with van der Waals surface area (Å²) in [5, 5.41) is 5.73. The Morgan fingerprint density at radius 2 is 1.82 bits per heavy atom. The standard InChI is InChI=1S/C26H37N5O2/c1-4-19(2)30(3)23-15-16-31(18-23)22-12-9-20(10-13-22)28-26(32)29-21-11-14-25(27-17-21)33-24-7-5-6-8-24/h9-14,17,19,23-24H,4-8,15-16,18H2,1-3H3,(H2,28,29,32). The van der Waals surface area contributed by atoms with Crippen molar-refractivity contribution in [1.82, 2.24) is 9.88 Å². The number of hydrogen-bond acceptors (Lipinski definition) is 5. The molecule has 7 nitrogen and oxygen atoms in total. The van der Waals surface area contributed by atoms with Crippen LogP contribution in [0.25, 0.3) is 0 Å². The van der Waals surface area contributed by atoms with Crippen molar-refractivity contribution < 1.29 is 9.53 Å². The molecule has 4 rings (SSSR count). The molecule has 2 heterocycles. The lowest BCUT2D eigenvalue weighted by atomic mass is 10.1. The third-order valence-electron chi connectivity index (χ3n) is 7.10. The minimum absolute atomic E-state index is 0.273. The van der Waals surface area contributed by atoms with Gasteiger partial charge in [-0.2, -0.15) is 0 Å². The highest BCUT2D eigenvalue weighted by Crippen LogP contribution is 2.26.